The number of para-hydroxylation sites is 1. The number of methoxy groups -OCH3 is 2. The molecule has 0 unspecified atom stereocenters. The zero-order valence-corrected chi connectivity index (χ0v) is 16.2. The summed E-state index contributed by atoms with van der Waals surface area (Å²) in [5.74, 6) is 0.899. The van der Waals surface area contributed by atoms with Crippen molar-refractivity contribution >= 4 is 27.5 Å². The molecule has 0 atom stereocenters. The van der Waals surface area contributed by atoms with Crippen molar-refractivity contribution in [1.29, 1.82) is 0 Å². The first-order valence-corrected chi connectivity index (χ1v) is 9.15. The number of aryl methyl sites for hydroxylation is 3. The lowest BCUT2D eigenvalue weighted by Crippen LogP contribution is -2.30. The molecule has 0 aliphatic carbocycles. The van der Waals surface area contributed by atoms with E-state index in [2.05, 4.69) is 35.9 Å². The van der Waals surface area contributed by atoms with Crippen LogP contribution in [0.25, 0.3) is 10.2 Å². The van der Waals surface area contributed by atoms with E-state index in [4.69, 9.17) is 14.2 Å². The zero-order chi connectivity index (χ0) is 18.7. The minimum atomic E-state index is -0.411. The lowest BCUT2D eigenvalue weighted by atomic mass is 10.1. The SMILES string of the molecule is COc1cc(CCc2sc3ccccc3[n+]2C)cc(OC)c1OC(C)=O. The number of hydrogen-bond donors (Lipinski definition) is 0. The maximum atomic E-state index is 11.3. The highest BCUT2D eigenvalue weighted by molar-refractivity contribution is 7.18. The molecule has 26 heavy (non-hydrogen) atoms. The number of nitrogens with zero attached hydrogens (tertiary/aromatic N) is 1. The van der Waals surface area contributed by atoms with E-state index in [0.29, 0.717) is 17.2 Å². The third kappa shape index (κ3) is 3.65. The van der Waals surface area contributed by atoms with Gasteiger partial charge in [-0.3, -0.25) is 4.79 Å². The number of hydrogen-bond acceptors (Lipinski definition) is 5. The Morgan fingerprint density at radius 3 is 2.31 bits per heavy atom. The molecule has 3 rings (SSSR count). The molecule has 136 valence electrons. The van der Waals surface area contributed by atoms with Gasteiger partial charge in [0, 0.05) is 19.4 Å². The van der Waals surface area contributed by atoms with Crippen LogP contribution in [0.3, 0.4) is 0 Å². The van der Waals surface area contributed by atoms with Crippen LogP contribution in [0.4, 0.5) is 0 Å². The Labute approximate surface area is 156 Å². The van der Waals surface area contributed by atoms with Gasteiger partial charge in [-0.2, -0.15) is 4.57 Å². The summed E-state index contributed by atoms with van der Waals surface area (Å²) in [7, 11) is 5.20. The van der Waals surface area contributed by atoms with Crippen LogP contribution in [-0.4, -0.2) is 20.2 Å². The molecule has 0 amide bonds. The summed E-state index contributed by atoms with van der Waals surface area (Å²) < 4.78 is 19.6. The van der Waals surface area contributed by atoms with E-state index in [1.165, 1.54) is 22.1 Å². The Kier molecular flexibility index (Phi) is 5.42. The van der Waals surface area contributed by atoms with Gasteiger partial charge in [-0.15, -0.1) is 0 Å². The van der Waals surface area contributed by atoms with Crippen molar-refractivity contribution in [3.63, 3.8) is 0 Å². The summed E-state index contributed by atoms with van der Waals surface area (Å²) in [5.41, 5.74) is 2.31. The van der Waals surface area contributed by atoms with Crippen LogP contribution in [0.5, 0.6) is 17.2 Å². The monoisotopic (exact) mass is 372 g/mol. The largest absolute Gasteiger partial charge is 0.493 e. The number of carbonyl (C=O) groups is 1. The molecular formula is C20H22NO4S+. The number of esters is 1. The fourth-order valence-electron chi connectivity index (χ4n) is 2.94. The molecule has 0 aliphatic rings. The number of aromatic nitrogens is 1. The highest BCUT2D eigenvalue weighted by Crippen LogP contribution is 2.39. The molecule has 3 aromatic rings. The molecule has 1 aromatic heterocycles. The Bertz CT molecular complexity index is 923. The Morgan fingerprint density at radius 2 is 1.73 bits per heavy atom. The minimum Gasteiger partial charge on any atom is -0.493 e. The average molecular weight is 372 g/mol. The van der Waals surface area contributed by atoms with Crippen molar-refractivity contribution in [2.75, 3.05) is 14.2 Å². The summed E-state index contributed by atoms with van der Waals surface area (Å²) in [6, 6.07) is 12.2. The van der Waals surface area contributed by atoms with Gasteiger partial charge in [0.25, 0.3) is 0 Å². The molecule has 0 N–H and O–H groups in total. The van der Waals surface area contributed by atoms with Gasteiger partial charge in [0.1, 0.15) is 11.7 Å². The van der Waals surface area contributed by atoms with E-state index in [1.54, 1.807) is 25.6 Å². The van der Waals surface area contributed by atoms with E-state index in [-0.39, 0.29) is 0 Å². The molecular weight excluding hydrogens is 350 g/mol. The molecule has 0 radical (unpaired) electrons. The fourth-order valence-corrected chi connectivity index (χ4v) is 4.09. The molecule has 0 fully saturated rings. The maximum absolute atomic E-state index is 11.3. The second-order valence-electron chi connectivity index (χ2n) is 5.95. The van der Waals surface area contributed by atoms with Crippen molar-refractivity contribution in [2.24, 2.45) is 7.05 Å². The summed E-state index contributed by atoms with van der Waals surface area (Å²) in [4.78, 5) is 11.3. The van der Waals surface area contributed by atoms with E-state index in [0.717, 1.165) is 18.4 Å². The predicted molar refractivity (Wildman–Crippen MR) is 101 cm³/mol. The van der Waals surface area contributed by atoms with Gasteiger partial charge in [0.15, 0.2) is 11.5 Å². The highest BCUT2D eigenvalue weighted by atomic mass is 32.1. The third-order valence-electron chi connectivity index (χ3n) is 4.22. The molecule has 0 aliphatic heterocycles. The molecule has 5 nitrogen and oxygen atoms in total. The number of thiazole rings is 1. The van der Waals surface area contributed by atoms with Gasteiger partial charge in [0.2, 0.25) is 16.3 Å². The molecule has 2 aromatic carbocycles. The second kappa shape index (κ2) is 7.74. The van der Waals surface area contributed by atoms with E-state index in [9.17, 15) is 4.79 Å². The Morgan fingerprint density at radius 1 is 1.08 bits per heavy atom. The van der Waals surface area contributed by atoms with Gasteiger partial charge in [-0.05, 0) is 30.2 Å². The van der Waals surface area contributed by atoms with Crippen molar-refractivity contribution in [3.05, 3.63) is 47.0 Å². The first kappa shape index (κ1) is 18.2. The highest BCUT2D eigenvalue weighted by Gasteiger charge is 2.19. The number of rotatable bonds is 6. The summed E-state index contributed by atoms with van der Waals surface area (Å²) >= 11 is 1.81. The number of ether oxygens (including phenoxy) is 3. The zero-order valence-electron chi connectivity index (χ0n) is 15.4. The number of carbonyl (C=O) groups excluding carboxylic acids is 1. The van der Waals surface area contributed by atoms with Crippen LogP contribution < -0.4 is 18.8 Å². The number of benzene rings is 2. The summed E-state index contributed by atoms with van der Waals surface area (Å²) in [6.07, 6.45) is 1.73. The van der Waals surface area contributed by atoms with Crippen molar-refractivity contribution < 1.29 is 23.6 Å². The van der Waals surface area contributed by atoms with Crippen LogP contribution >= 0.6 is 11.3 Å². The van der Waals surface area contributed by atoms with Gasteiger partial charge < -0.3 is 14.2 Å². The van der Waals surface area contributed by atoms with Gasteiger partial charge in [0.05, 0.1) is 14.2 Å². The van der Waals surface area contributed by atoms with E-state index in [1.807, 2.05) is 12.1 Å². The van der Waals surface area contributed by atoms with Crippen LogP contribution in [0.2, 0.25) is 0 Å². The Hall–Kier alpha value is -2.60. The second-order valence-corrected chi connectivity index (χ2v) is 7.06. The van der Waals surface area contributed by atoms with E-state index < -0.39 is 5.97 Å². The summed E-state index contributed by atoms with van der Waals surface area (Å²) in [6.45, 7) is 1.36. The number of fused-ring (bicyclic) bond motifs is 1. The molecule has 0 saturated carbocycles. The van der Waals surface area contributed by atoms with Gasteiger partial charge in [-0.1, -0.05) is 23.5 Å². The van der Waals surface area contributed by atoms with Crippen molar-refractivity contribution in [1.82, 2.24) is 0 Å². The first-order chi connectivity index (χ1) is 12.5. The minimum absolute atomic E-state index is 0.318. The van der Waals surface area contributed by atoms with Gasteiger partial charge in [-0.25, -0.2) is 0 Å². The lowest BCUT2D eigenvalue weighted by molar-refractivity contribution is -0.648. The molecule has 6 heteroatoms. The van der Waals surface area contributed by atoms with Crippen LogP contribution in [0, 0.1) is 0 Å². The molecule has 0 saturated heterocycles. The maximum Gasteiger partial charge on any atom is 0.308 e. The topological polar surface area (TPSA) is 48.6 Å². The third-order valence-corrected chi connectivity index (χ3v) is 5.50. The van der Waals surface area contributed by atoms with E-state index >= 15 is 0 Å². The molecule has 0 bridgehead atoms. The molecule has 0 spiro atoms. The first-order valence-electron chi connectivity index (χ1n) is 8.33. The fraction of sp³-hybridized carbons (Fsp3) is 0.300. The van der Waals surface area contributed by atoms with Crippen molar-refractivity contribution in [2.45, 2.75) is 19.8 Å². The van der Waals surface area contributed by atoms with Crippen LogP contribution in [0.1, 0.15) is 17.5 Å². The molecule has 1 heterocycles. The average Bonchev–Trinajstić information content (AvgIpc) is 2.96. The van der Waals surface area contributed by atoms with Crippen LogP contribution in [0.15, 0.2) is 36.4 Å². The quantitative estimate of drug-likeness (QED) is 0.378. The Balaban J connectivity index is 1.87. The predicted octanol–water partition coefficient (Wildman–Crippen LogP) is 3.45. The van der Waals surface area contributed by atoms with Gasteiger partial charge >= 0.3 is 5.97 Å². The van der Waals surface area contributed by atoms with Crippen LogP contribution in [-0.2, 0) is 24.7 Å². The standard InChI is InChI=1S/C20H22NO4S/c1-13(22)25-20-16(23-3)11-14(12-17(20)24-4)9-10-19-21(2)15-7-5-6-8-18(15)26-19/h5-8,11-12H,9-10H2,1-4H3/q+1. The smallest absolute Gasteiger partial charge is 0.308 e. The summed E-state index contributed by atoms with van der Waals surface area (Å²) in [5, 5.41) is 1.30. The normalized spacial score (nSPS) is 10.8. The van der Waals surface area contributed by atoms with Crippen molar-refractivity contribution in [3.8, 4) is 17.2 Å². The lowest BCUT2D eigenvalue weighted by Gasteiger charge is -2.14.